The van der Waals surface area contributed by atoms with Crippen molar-refractivity contribution in [2.75, 3.05) is 13.2 Å². The smallest absolute Gasteiger partial charge is 0.253 e. The van der Waals surface area contributed by atoms with Gasteiger partial charge in [0.15, 0.2) is 0 Å². The van der Waals surface area contributed by atoms with Gasteiger partial charge in [0, 0.05) is 19.3 Å². The Morgan fingerprint density at radius 3 is 2.41 bits per heavy atom. The van der Waals surface area contributed by atoms with Crippen LogP contribution in [0.4, 0.5) is 0 Å². The highest BCUT2D eigenvalue weighted by molar-refractivity contribution is 7.89. The van der Waals surface area contributed by atoms with Crippen LogP contribution in [0.2, 0.25) is 0 Å². The largest absolute Gasteiger partial charge is 0.381 e. The third-order valence-electron chi connectivity index (χ3n) is 2.67. The van der Waals surface area contributed by atoms with Crippen LogP contribution in [0.1, 0.15) is 12.8 Å². The summed E-state index contributed by atoms with van der Waals surface area (Å²) in [4.78, 5) is 2.68. The predicted octanol–water partition coefficient (Wildman–Crippen LogP) is 0.648. The second-order valence-electron chi connectivity index (χ2n) is 3.95. The van der Waals surface area contributed by atoms with Crippen molar-refractivity contribution < 1.29 is 13.2 Å². The molecule has 1 fully saturated rings. The molecule has 1 aliphatic heterocycles. The van der Waals surface area contributed by atoms with Crippen LogP contribution >= 0.6 is 0 Å². The molecule has 6 heteroatoms. The second-order valence-corrected chi connectivity index (χ2v) is 5.63. The van der Waals surface area contributed by atoms with Gasteiger partial charge in [-0.2, -0.15) is 0 Å². The monoisotopic (exact) mass is 256 g/mol. The van der Waals surface area contributed by atoms with E-state index in [0.29, 0.717) is 13.2 Å². The van der Waals surface area contributed by atoms with E-state index in [0.717, 1.165) is 12.8 Å². The highest BCUT2D eigenvalue weighted by Gasteiger charge is 2.17. The molecule has 94 valence electrons. The number of benzene rings is 1. The summed E-state index contributed by atoms with van der Waals surface area (Å²) in [6.07, 6.45) is 1.63. The Balaban J connectivity index is 1.94. The van der Waals surface area contributed by atoms with Crippen molar-refractivity contribution in [2.24, 2.45) is 0 Å². The van der Waals surface area contributed by atoms with E-state index in [2.05, 4.69) is 10.3 Å². The summed E-state index contributed by atoms with van der Waals surface area (Å²) < 4.78 is 28.9. The molecule has 0 unspecified atom stereocenters. The third-order valence-corrected chi connectivity index (χ3v) is 3.95. The Morgan fingerprint density at radius 1 is 1.12 bits per heavy atom. The number of hydrazine groups is 1. The van der Waals surface area contributed by atoms with Crippen molar-refractivity contribution in [1.82, 2.24) is 10.3 Å². The summed E-state index contributed by atoms with van der Waals surface area (Å²) in [5, 5.41) is 0. The maximum Gasteiger partial charge on any atom is 0.253 e. The van der Waals surface area contributed by atoms with Crippen LogP contribution in [0.25, 0.3) is 0 Å². The summed E-state index contributed by atoms with van der Waals surface area (Å²) >= 11 is 0. The predicted molar refractivity (Wildman–Crippen MR) is 63.7 cm³/mol. The van der Waals surface area contributed by atoms with E-state index in [1.807, 2.05) is 0 Å². The standard InChI is InChI=1S/C11H16N2O3S/c14-17(15,11-4-2-1-3-5-11)13-12-10-6-8-16-9-7-10/h1-5,10,12-13H,6-9H2. The number of sulfonamides is 1. The van der Waals surface area contributed by atoms with Crippen LogP contribution < -0.4 is 10.3 Å². The van der Waals surface area contributed by atoms with Gasteiger partial charge < -0.3 is 4.74 Å². The molecule has 0 radical (unpaired) electrons. The Morgan fingerprint density at radius 2 is 1.76 bits per heavy atom. The number of ether oxygens (including phenoxy) is 1. The minimum absolute atomic E-state index is 0.141. The molecular formula is C11H16N2O3S. The highest BCUT2D eigenvalue weighted by atomic mass is 32.2. The molecule has 5 nitrogen and oxygen atoms in total. The van der Waals surface area contributed by atoms with Crippen LogP contribution in [-0.4, -0.2) is 27.7 Å². The molecule has 1 aliphatic rings. The molecule has 0 bridgehead atoms. The molecule has 0 atom stereocenters. The van der Waals surface area contributed by atoms with E-state index in [9.17, 15) is 8.42 Å². The molecule has 1 heterocycles. The van der Waals surface area contributed by atoms with Crippen molar-refractivity contribution in [1.29, 1.82) is 0 Å². The fraction of sp³-hybridized carbons (Fsp3) is 0.455. The SMILES string of the molecule is O=S(=O)(NNC1CCOCC1)c1ccccc1. The Kier molecular flexibility index (Phi) is 4.11. The van der Waals surface area contributed by atoms with Gasteiger partial charge in [0.05, 0.1) is 4.90 Å². The van der Waals surface area contributed by atoms with Crippen molar-refractivity contribution in [2.45, 2.75) is 23.8 Å². The van der Waals surface area contributed by atoms with Crippen molar-refractivity contribution >= 4 is 10.0 Å². The molecule has 17 heavy (non-hydrogen) atoms. The van der Waals surface area contributed by atoms with E-state index in [1.165, 1.54) is 0 Å². The number of rotatable bonds is 4. The van der Waals surface area contributed by atoms with E-state index in [1.54, 1.807) is 30.3 Å². The van der Waals surface area contributed by atoms with Crippen LogP contribution in [0, 0.1) is 0 Å². The lowest BCUT2D eigenvalue weighted by atomic mass is 10.1. The van der Waals surface area contributed by atoms with E-state index in [-0.39, 0.29) is 10.9 Å². The topological polar surface area (TPSA) is 67.4 Å². The lowest BCUT2D eigenvalue weighted by Crippen LogP contribution is -2.46. The zero-order valence-electron chi connectivity index (χ0n) is 9.43. The number of hydrogen-bond acceptors (Lipinski definition) is 4. The van der Waals surface area contributed by atoms with Gasteiger partial charge >= 0.3 is 0 Å². The fourth-order valence-electron chi connectivity index (χ4n) is 1.66. The fourth-order valence-corrected chi connectivity index (χ4v) is 2.62. The normalized spacial score (nSPS) is 18.1. The molecule has 0 aromatic heterocycles. The van der Waals surface area contributed by atoms with Gasteiger partial charge in [-0.25, -0.2) is 13.8 Å². The minimum Gasteiger partial charge on any atom is -0.381 e. The molecule has 0 amide bonds. The maximum absolute atomic E-state index is 11.9. The van der Waals surface area contributed by atoms with Crippen LogP contribution in [0.5, 0.6) is 0 Å². The molecule has 0 spiro atoms. The van der Waals surface area contributed by atoms with Crippen LogP contribution in [-0.2, 0) is 14.8 Å². The quantitative estimate of drug-likeness (QED) is 0.776. The molecule has 0 aliphatic carbocycles. The summed E-state index contributed by atoms with van der Waals surface area (Å²) in [6.45, 7) is 1.34. The first-order chi connectivity index (χ1) is 8.18. The summed E-state index contributed by atoms with van der Waals surface area (Å²) in [7, 11) is -3.46. The molecule has 0 saturated carbocycles. The molecular weight excluding hydrogens is 240 g/mol. The minimum atomic E-state index is -3.46. The van der Waals surface area contributed by atoms with E-state index in [4.69, 9.17) is 4.74 Å². The Labute approximate surface area is 101 Å². The summed E-state index contributed by atoms with van der Waals surface area (Å²) in [6, 6.07) is 8.45. The third kappa shape index (κ3) is 3.50. The van der Waals surface area contributed by atoms with Crippen molar-refractivity contribution in [3.8, 4) is 0 Å². The van der Waals surface area contributed by atoms with Gasteiger partial charge in [0.1, 0.15) is 0 Å². The van der Waals surface area contributed by atoms with Crippen LogP contribution in [0.3, 0.4) is 0 Å². The molecule has 2 rings (SSSR count). The van der Waals surface area contributed by atoms with Gasteiger partial charge in [-0.1, -0.05) is 18.2 Å². The average molecular weight is 256 g/mol. The first-order valence-corrected chi connectivity index (χ1v) is 7.07. The molecule has 2 N–H and O–H groups in total. The van der Waals surface area contributed by atoms with Gasteiger partial charge in [-0.3, -0.25) is 0 Å². The lowest BCUT2D eigenvalue weighted by Gasteiger charge is -2.23. The first-order valence-electron chi connectivity index (χ1n) is 5.58. The first kappa shape index (κ1) is 12.5. The van der Waals surface area contributed by atoms with Gasteiger partial charge in [-0.15, -0.1) is 4.83 Å². The van der Waals surface area contributed by atoms with Crippen molar-refractivity contribution in [3.05, 3.63) is 30.3 Å². The average Bonchev–Trinajstić information content (AvgIpc) is 2.39. The second kappa shape index (κ2) is 5.59. The maximum atomic E-state index is 11.9. The number of nitrogens with one attached hydrogen (secondary N) is 2. The van der Waals surface area contributed by atoms with E-state index >= 15 is 0 Å². The summed E-state index contributed by atoms with van der Waals surface area (Å²) in [5.74, 6) is 0. The van der Waals surface area contributed by atoms with Gasteiger partial charge in [-0.05, 0) is 25.0 Å². The van der Waals surface area contributed by atoms with E-state index < -0.39 is 10.0 Å². The zero-order chi connectivity index (χ0) is 12.1. The Bertz CT molecular complexity index is 441. The van der Waals surface area contributed by atoms with Gasteiger partial charge in [0.2, 0.25) is 0 Å². The van der Waals surface area contributed by atoms with Crippen molar-refractivity contribution in [3.63, 3.8) is 0 Å². The highest BCUT2D eigenvalue weighted by Crippen LogP contribution is 2.08. The van der Waals surface area contributed by atoms with Crippen LogP contribution in [0.15, 0.2) is 35.2 Å². The molecule has 1 aromatic rings. The number of hydrogen-bond donors (Lipinski definition) is 2. The molecule has 1 aromatic carbocycles. The summed E-state index contributed by atoms with van der Waals surface area (Å²) in [5.41, 5.74) is 2.84. The lowest BCUT2D eigenvalue weighted by molar-refractivity contribution is 0.0765. The molecule has 1 saturated heterocycles. The Hall–Kier alpha value is -0.950. The zero-order valence-corrected chi connectivity index (χ0v) is 10.2. The van der Waals surface area contributed by atoms with Gasteiger partial charge in [0.25, 0.3) is 10.0 Å².